The van der Waals surface area contributed by atoms with Gasteiger partial charge in [0.25, 0.3) is 0 Å². The highest BCUT2D eigenvalue weighted by Gasteiger charge is 2.14. The Balaban J connectivity index is 1.78. The van der Waals surface area contributed by atoms with Crippen LogP contribution in [0.15, 0.2) is 18.2 Å². The molecule has 0 bridgehead atoms. The molecule has 2 unspecified atom stereocenters. The third kappa shape index (κ3) is 4.92. The van der Waals surface area contributed by atoms with E-state index >= 15 is 0 Å². The van der Waals surface area contributed by atoms with Crippen LogP contribution in [0.4, 0.5) is 0 Å². The first kappa shape index (κ1) is 15.0. The lowest BCUT2D eigenvalue weighted by molar-refractivity contribution is 0.329. The van der Waals surface area contributed by atoms with Gasteiger partial charge in [0.1, 0.15) is 0 Å². The first-order valence-electron chi connectivity index (χ1n) is 7.99. The topological polar surface area (TPSA) is 0 Å². The van der Waals surface area contributed by atoms with Gasteiger partial charge in [-0.2, -0.15) is 0 Å². The summed E-state index contributed by atoms with van der Waals surface area (Å²) in [6.07, 6.45) is 11.6. The molecule has 1 heteroatoms. The molecule has 2 rings (SSSR count). The maximum Gasteiger partial charge on any atom is -0.00144 e. The van der Waals surface area contributed by atoms with E-state index in [-0.39, 0.29) is 0 Å². The molecule has 1 aliphatic rings. The van der Waals surface area contributed by atoms with Gasteiger partial charge in [0, 0.05) is 0 Å². The van der Waals surface area contributed by atoms with Crippen molar-refractivity contribution in [2.24, 2.45) is 5.92 Å². The van der Waals surface area contributed by atoms with Crippen molar-refractivity contribution in [3.8, 4) is 0 Å². The van der Waals surface area contributed by atoms with E-state index in [4.69, 9.17) is 0 Å². The summed E-state index contributed by atoms with van der Waals surface area (Å²) >= 11 is 0. The quantitative estimate of drug-likeness (QED) is 0.581. The van der Waals surface area contributed by atoms with Gasteiger partial charge in [-0.25, -0.2) is 0 Å². The Morgan fingerprint density at radius 1 is 1.05 bits per heavy atom. The molecule has 0 saturated heterocycles. The molecule has 0 aromatic heterocycles. The minimum absolute atomic E-state index is 0.641. The van der Waals surface area contributed by atoms with Gasteiger partial charge in [-0.05, 0) is 37.4 Å². The summed E-state index contributed by atoms with van der Waals surface area (Å²) in [6, 6.07) is 6.97. The zero-order chi connectivity index (χ0) is 13.7. The normalized spacial score (nSPS) is 18.5. The van der Waals surface area contributed by atoms with E-state index in [0.29, 0.717) is 5.66 Å². The summed E-state index contributed by atoms with van der Waals surface area (Å²) in [6.45, 7) is 4.41. The Morgan fingerprint density at radius 2 is 1.68 bits per heavy atom. The molecular formula is C18H29P. The highest BCUT2D eigenvalue weighted by atomic mass is 31.0. The van der Waals surface area contributed by atoms with Crippen molar-refractivity contribution < 1.29 is 0 Å². The fraction of sp³-hybridized carbons (Fsp3) is 0.667. The Labute approximate surface area is 121 Å². The van der Waals surface area contributed by atoms with Crippen LogP contribution in [-0.2, 0) is 0 Å². The zero-order valence-corrected chi connectivity index (χ0v) is 13.8. The molecule has 1 aromatic rings. The van der Waals surface area contributed by atoms with E-state index < -0.39 is 0 Å². The van der Waals surface area contributed by atoms with Gasteiger partial charge >= 0.3 is 0 Å². The second-order valence-corrected chi connectivity index (χ2v) is 7.27. The maximum atomic E-state index is 3.06. The van der Waals surface area contributed by atoms with E-state index in [9.17, 15) is 0 Å². The predicted octanol–water partition coefficient (Wildman–Crippen LogP) is 5.97. The van der Waals surface area contributed by atoms with Crippen LogP contribution in [0.1, 0.15) is 73.7 Å². The molecule has 1 aliphatic carbocycles. The number of aryl methyl sites for hydroxylation is 2. The molecular weight excluding hydrogens is 247 g/mol. The standard InChI is InChI=1S/C18H29P/c1-14-11-15(2)13-17(12-14)18(19)10-6-9-16-7-4-3-5-8-16/h11-13,16,18H,3-10,19H2,1-2H3. The first-order chi connectivity index (χ1) is 9.15. The number of hydrogen-bond acceptors (Lipinski definition) is 0. The van der Waals surface area contributed by atoms with Gasteiger partial charge in [-0.1, -0.05) is 74.3 Å². The van der Waals surface area contributed by atoms with Gasteiger partial charge in [-0.15, -0.1) is 9.24 Å². The monoisotopic (exact) mass is 276 g/mol. The van der Waals surface area contributed by atoms with Gasteiger partial charge in [0.05, 0.1) is 0 Å². The number of hydrogen-bond donors (Lipinski definition) is 0. The third-order valence-electron chi connectivity index (χ3n) is 4.52. The van der Waals surface area contributed by atoms with Crippen LogP contribution >= 0.6 is 9.24 Å². The molecule has 0 nitrogen and oxygen atoms in total. The van der Waals surface area contributed by atoms with Crippen molar-refractivity contribution in [3.05, 3.63) is 34.9 Å². The highest BCUT2D eigenvalue weighted by molar-refractivity contribution is 7.17. The molecule has 1 saturated carbocycles. The Bertz CT molecular complexity index is 370. The van der Waals surface area contributed by atoms with Gasteiger partial charge < -0.3 is 0 Å². The van der Waals surface area contributed by atoms with Crippen LogP contribution in [0.3, 0.4) is 0 Å². The van der Waals surface area contributed by atoms with Crippen LogP contribution < -0.4 is 0 Å². The second kappa shape index (κ2) is 7.44. The van der Waals surface area contributed by atoms with Crippen molar-refractivity contribution in [1.82, 2.24) is 0 Å². The number of benzene rings is 1. The molecule has 1 aromatic carbocycles. The Hall–Kier alpha value is -0.350. The van der Waals surface area contributed by atoms with Crippen molar-refractivity contribution >= 4 is 9.24 Å². The SMILES string of the molecule is Cc1cc(C)cc(C(P)CCCC2CCCCC2)c1. The van der Waals surface area contributed by atoms with E-state index in [2.05, 4.69) is 41.3 Å². The molecule has 19 heavy (non-hydrogen) atoms. The molecule has 0 heterocycles. The van der Waals surface area contributed by atoms with Crippen molar-refractivity contribution in [3.63, 3.8) is 0 Å². The Kier molecular flexibility index (Phi) is 5.89. The molecule has 0 aliphatic heterocycles. The first-order valence-corrected chi connectivity index (χ1v) is 8.65. The van der Waals surface area contributed by atoms with Crippen LogP contribution in [0, 0.1) is 19.8 Å². The minimum Gasteiger partial charge on any atom is -0.130 e. The van der Waals surface area contributed by atoms with E-state index in [1.165, 1.54) is 68.1 Å². The maximum absolute atomic E-state index is 3.06. The second-order valence-electron chi connectivity index (χ2n) is 6.46. The lowest BCUT2D eigenvalue weighted by Gasteiger charge is -2.22. The van der Waals surface area contributed by atoms with Gasteiger partial charge in [-0.3, -0.25) is 0 Å². The largest absolute Gasteiger partial charge is 0.130 e. The smallest absolute Gasteiger partial charge is 0.00144 e. The molecule has 0 radical (unpaired) electrons. The molecule has 0 N–H and O–H groups in total. The van der Waals surface area contributed by atoms with Crippen molar-refractivity contribution in [2.75, 3.05) is 0 Å². The Morgan fingerprint density at radius 3 is 2.32 bits per heavy atom. The lowest BCUT2D eigenvalue weighted by atomic mass is 9.85. The molecule has 0 amide bonds. The fourth-order valence-corrected chi connectivity index (χ4v) is 3.92. The van der Waals surface area contributed by atoms with Crippen LogP contribution in [0.25, 0.3) is 0 Å². The average molecular weight is 276 g/mol. The summed E-state index contributed by atoms with van der Waals surface area (Å²) < 4.78 is 0. The molecule has 1 fully saturated rings. The van der Waals surface area contributed by atoms with E-state index in [1.54, 1.807) is 0 Å². The molecule has 0 spiro atoms. The predicted molar refractivity (Wildman–Crippen MR) is 88.8 cm³/mol. The van der Waals surface area contributed by atoms with E-state index in [0.717, 1.165) is 5.92 Å². The summed E-state index contributed by atoms with van der Waals surface area (Å²) in [5.74, 6) is 1.03. The summed E-state index contributed by atoms with van der Waals surface area (Å²) in [5, 5.41) is 0. The highest BCUT2D eigenvalue weighted by Crippen LogP contribution is 2.33. The molecule has 2 atom stereocenters. The fourth-order valence-electron chi connectivity index (χ4n) is 3.49. The van der Waals surface area contributed by atoms with Crippen LogP contribution in [0.2, 0.25) is 0 Å². The summed E-state index contributed by atoms with van der Waals surface area (Å²) in [7, 11) is 3.06. The summed E-state index contributed by atoms with van der Waals surface area (Å²) in [4.78, 5) is 0. The van der Waals surface area contributed by atoms with Crippen molar-refractivity contribution in [2.45, 2.75) is 70.9 Å². The van der Waals surface area contributed by atoms with Crippen LogP contribution in [0.5, 0.6) is 0 Å². The summed E-state index contributed by atoms with van der Waals surface area (Å²) in [5.41, 5.74) is 4.94. The van der Waals surface area contributed by atoms with Crippen LogP contribution in [-0.4, -0.2) is 0 Å². The average Bonchev–Trinajstić information content (AvgIpc) is 2.38. The van der Waals surface area contributed by atoms with Gasteiger partial charge in [0.2, 0.25) is 0 Å². The zero-order valence-electron chi connectivity index (χ0n) is 12.6. The minimum atomic E-state index is 0.641. The van der Waals surface area contributed by atoms with E-state index in [1.807, 2.05) is 0 Å². The lowest BCUT2D eigenvalue weighted by Crippen LogP contribution is -2.06. The van der Waals surface area contributed by atoms with Gasteiger partial charge in [0.15, 0.2) is 0 Å². The molecule has 106 valence electrons. The number of rotatable bonds is 5. The third-order valence-corrected chi connectivity index (χ3v) is 5.24. The van der Waals surface area contributed by atoms with Crippen molar-refractivity contribution in [1.29, 1.82) is 0 Å².